The molecular weight excluding hydrogens is 354 g/mol. The Kier molecular flexibility index (Phi) is 7.03. The van der Waals surface area contributed by atoms with Gasteiger partial charge in [0, 0.05) is 30.3 Å². The number of morpholine rings is 1. The lowest BCUT2D eigenvalue weighted by molar-refractivity contribution is -0.121. The molecule has 0 spiro atoms. The van der Waals surface area contributed by atoms with Crippen molar-refractivity contribution in [1.29, 1.82) is 0 Å². The fraction of sp³-hybridized carbons (Fsp3) is 0.579. The van der Waals surface area contributed by atoms with E-state index in [1.165, 1.54) is 0 Å². The van der Waals surface area contributed by atoms with E-state index in [-0.39, 0.29) is 42.3 Å². The molecule has 2 fully saturated rings. The Hall–Kier alpha value is -1.63. The van der Waals surface area contributed by atoms with E-state index in [1.807, 2.05) is 25.7 Å². The minimum absolute atomic E-state index is 0. The summed E-state index contributed by atoms with van der Waals surface area (Å²) in [5.74, 6) is 0.431. The summed E-state index contributed by atoms with van der Waals surface area (Å²) in [6.45, 7) is 8.93. The summed E-state index contributed by atoms with van der Waals surface area (Å²) < 4.78 is 5.68. The zero-order chi connectivity index (χ0) is 18.0. The lowest BCUT2D eigenvalue weighted by Gasteiger charge is -2.35. The Morgan fingerprint density at radius 3 is 2.23 bits per heavy atom. The van der Waals surface area contributed by atoms with Gasteiger partial charge in [0.2, 0.25) is 5.91 Å². The average Bonchev–Trinajstić information content (AvgIpc) is 2.52. The predicted molar refractivity (Wildman–Crippen MR) is 104 cm³/mol. The molecule has 2 aliphatic heterocycles. The number of anilines is 1. The fourth-order valence-electron chi connectivity index (χ4n) is 3.36. The van der Waals surface area contributed by atoms with Crippen molar-refractivity contribution >= 4 is 29.9 Å². The highest BCUT2D eigenvalue weighted by Crippen LogP contribution is 2.20. The predicted octanol–water partition coefficient (Wildman–Crippen LogP) is 2.15. The number of rotatable bonds is 4. The molecule has 0 radical (unpaired) electrons. The van der Waals surface area contributed by atoms with E-state index in [4.69, 9.17) is 4.74 Å². The van der Waals surface area contributed by atoms with Gasteiger partial charge in [-0.1, -0.05) is 6.92 Å². The van der Waals surface area contributed by atoms with E-state index in [2.05, 4.69) is 10.6 Å². The third kappa shape index (κ3) is 4.75. The second kappa shape index (κ2) is 8.84. The molecule has 2 heterocycles. The first kappa shape index (κ1) is 20.7. The van der Waals surface area contributed by atoms with E-state index < -0.39 is 0 Å². The minimum atomic E-state index is -0.0149. The van der Waals surface area contributed by atoms with Gasteiger partial charge in [-0.2, -0.15) is 0 Å². The van der Waals surface area contributed by atoms with E-state index >= 15 is 0 Å². The van der Waals surface area contributed by atoms with Gasteiger partial charge in [-0.3, -0.25) is 9.59 Å². The molecule has 0 aliphatic carbocycles. The number of amides is 2. The van der Waals surface area contributed by atoms with Crippen molar-refractivity contribution in [1.82, 2.24) is 10.2 Å². The summed E-state index contributed by atoms with van der Waals surface area (Å²) in [5, 5.41) is 6.13. The maximum atomic E-state index is 12.6. The first-order valence-electron chi connectivity index (χ1n) is 9.00. The van der Waals surface area contributed by atoms with Crippen LogP contribution in [0.2, 0.25) is 0 Å². The van der Waals surface area contributed by atoms with Crippen molar-refractivity contribution < 1.29 is 14.3 Å². The quantitative estimate of drug-likeness (QED) is 0.838. The van der Waals surface area contributed by atoms with Gasteiger partial charge in [-0.25, -0.2) is 0 Å². The van der Waals surface area contributed by atoms with Crippen LogP contribution in [0.1, 0.15) is 31.1 Å². The van der Waals surface area contributed by atoms with Gasteiger partial charge in [-0.15, -0.1) is 12.4 Å². The molecule has 1 aromatic carbocycles. The lowest BCUT2D eigenvalue weighted by Crippen LogP contribution is -2.48. The second-order valence-corrected chi connectivity index (χ2v) is 7.24. The SMILES string of the molecule is CC1CN(C(=O)c2ccc(NC(=O)C(C)C3CNC3)cc2)CC(C)O1.Cl. The first-order valence-corrected chi connectivity index (χ1v) is 9.00. The van der Waals surface area contributed by atoms with E-state index in [0.29, 0.717) is 24.6 Å². The van der Waals surface area contributed by atoms with Crippen LogP contribution in [0.25, 0.3) is 0 Å². The molecular formula is C19H28ClN3O3. The molecule has 0 saturated carbocycles. The van der Waals surface area contributed by atoms with Gasteiger partial charge in [0.05, 0.1) is 12.2 Å². The Bertz CT molecular complexity index is 623. The van der Waals surface area contributed by atoms with Gasteiger partial charge in [0.1, 0.15) is 0 Å². The van der Waals surface area contributed by atoms with Crippen molar-refractivity contribution in [2.45, 2.75) is 33.0 Å². The molecule has 2 saturated heterocycles. The van der Waals surface area contributed by atoms with Gasteiger partial charge in [-0.05, 0) is 57.1 Å². The Morgan fingerprint density at radius 1 is 1.15 bits per heavy atom. The van der Waals surface area contributed by atoms with Crippen LogP contribution in [0.5, 0.6) is 0 Å². The molecule has 3 rings (SSSR count). The van der Waals surface area contributed by atoms with Gasteiger partial charge in [0.25, 0.3) is 5.91 Å². The van der Waals surface area contributed by atoms with Crippen LogP contribution in [-0.2, 0) is 9.53 Å². The van der Waals surface area contributed by atoms with E-state index in [1.54, 1.807) is 24.3 Å². The molecule has 7 heteroatoms. The summed E-state index contributed by atoms with van der Waals surface area (Å²) in [6.07, 6.45) is 0.0995. The van der Waals surface area contributed by atoms with Gasteiger partial charge >= 0.3 is 0 Å². The zero-order valence-corrected chi connectivity index (χ0v) is 16.3. The van der Waals surface area contributed by atoms with Gasteiger partial charge in [0.15, 0.2) is 0 Å². The lowest BCUT2D eigenvalue weighted by atomic mass is 9.88. The Labute approximate surface area is 161 Å². The normalized spacial score (nSPS) is 24.2. The maximum Gasteiger partial charge on any atom is 0.254 e. The monoisotopic (exact) mass is 381 g/mol. The van der Waals surface area contributed by atoms with Crippen LogP contribution < -0.4 is 10.6 Å². The number of hydrogen-bond acceptors (Lipinski definition) is 4. The number of benzene rings is 1. The molecule has 0 aromatic heterocycles. The molecule has 3 unspecified atom stereocenters. The largest absolute Gasteiger partial charge is 0.372 e. The third-order valence-corrected chi connectivity index (χ3v) is 5.04. The molecule has 0 bridgehead atoms. The van der Waals surface area contributed by atoms with Crippen molar-refractivity contribution in [3.63, 3.8) is 0 Å². The number of carbonyl (C=O) groups is 2. The fourth-order valence-corrected chi connectivity index (χ4v) is 3.36. The van der Waals surface area contributed by atoms with Crippen LogP contribution in [0.3, 0.4) is 0 Å². The van der Waals surface area contributed by atoms with Crippen LogP contribution in [0.4, 0.5) is 5.69 Å². The number of nitrogens with one attached hydrogen (secondary N) is 2. The Morgan fingerprint density at radius 2 is 1.73 bits per heavy atom. The van der Waals surface area contributed by atoms with Crippen molar-refractivity contribution in [2.75, 3.05) is 31.5 Å². The zero-order valence-electron chi connectivity index (χ0n) is 15.5. The molecule has 2 aliphatic rings. The van der Waals surface area contributed by atoms with Crippen molar-refractivity contribution in [2.24, 2.45) is 11.8 Å². The smallest absolute Gasteiger partial charge is 0.254 e. The van der Waals surface area contributed by atoms with Gasteiger partial charge < -0.3 is 20.3 Å². The summed E-state index contributed by atoms with van der Waals surface area (Å²) in [5.41, 5.74) is 1.36. The number of nitrogens with zero attached hydrogens (tertiary/aromatic N) is 1. The van der Waals surface area contributed by atoms with Crippen LogP contribution in [0, 0.1) is 11.8 Å². The molecule has 3 atom stereocenters. The highest BCUT2D eigenvalue weighted by atomic mass is 35.5. The summed E-state index contributed by atoms with van der Waals surface area (Å²) in [4.78, 5) is 26.7. The maximum absolute atomic E-state index is 12.6. The summed E-state index contributed by atoms with van der Waals surface area (Å²) in [7, 11) is 0. The highest BCUT2D eigenvalue weighted by molar-refractivity contribution is 5.96. The molecule has 2 N–H and O–H groups in total. The van der Waals surface area contributed by atoms with E-state index in [9.17, 15) is 9.59 Å². The van der Waals surface area contributed by atoms with Crippen molar-refractivity contribution in [3.05, 3.63) is 29.8 Å². The molecule has 26 heavy (non-hydrogen) atoms. The highest BCUT2D eigenvalue weighted by Gasteiger charge is 2.29. The van der Waals surface area contributed by atoms with E-state index in [0.717, 1.165) is 18.8 Å². The molecule has 2 amide bonds. The van der Waals surface area contributed by atoms with Crippen molar-refractivity contribution in [3.8, 4) is 0 Å². The average molecular weight is 382 g/mol. The van der Waals surface area contributed by atoms with Crippen LogP contribution >= 0.6 is 12.4 Å². The minimum Gasteiger partial charge on any atom is -0.372 e. The molecule has 1 aromatic rings. The second-order valence-electron chi connectivity index (χ2n) is 7.24. The number of hydrogen-bond donors (Lipinski definition) is 2. The first-order chi connectivity index (χ1) is 11.9. The summed E-state index contributed by atoms with van der Waals surface area (Å²) >= 11 is 0. The number of halogens is 1. The summed E-state index contributed by atoms with van der Waals surface area (Å²) in [6, 6.07) is 7.14. The third-order valence-electron chi connectivity index (χ3n) is 5.04. The Balaban J connectivity index is 0.00000243. The molecule has 144 valence electrons. The van der Waals surface area contributed by atoms with Crippen LogP contribution in [-0.4, -0.2) is 55.1 Å². The van der Waals surface area contributed by atoms with Crippen LogP contribution in [0.15, 0.2) is 24.3 Å². The standard InChI is InChI=1S/C19H27N3O3.ClH/c1-12-10-22(11-13(2)25-12)19(24)15-4-6-17(7-5-15)21-18(23)14(3)16-8-20-9-16;/h4-7,12-14,16,20H,8-11H2,1-3H3,(H,21,23);1H. The topological polar surface area (TPSA) is 70.7 Å². The molecule has 6 nitrogen and oxygen atoms in total. The number of ether oxygens (including phenoxy) is 1. The number of carbonyl (C=O) groups excluding carboxylic acids is 2.